The first kappa shape index (κ1) is 11.0. The van der Waals surface area contributed by atoms with Gasteiger partial charge in [0.1, 0.15) is 0 Å². The summed E-state index contributed by atoms with van der Waals surface area (Å²) < 4.78 is 0. The molecule has 0 radical (unpaired) electrons. The van der Waals surface area contributed by atoms with Crippen LogP contribution >= 0.6 is 0 Å². The van der Waals surface area contributed by atoms with Gasteiger partial charge in [-0.1, -0.05) is 13.8 Å². The summed E-state index contributed by atoms with van der Waals surface area (Å²) in [5.74, 6) is 1.37. The van der Waals surface area contributed by atoms with Crippen LogP contribution < -0.4 is 0 Å². The summed E-state index contributed by atoms with van der Waals surface area (Å²) in [6.45, 7) is 9.21. The highest BCUT2D eigenvalue weighted by atomic mass is 16.3. The molecule has 0 amide bonds. The molecule has 0 unspecified atom stereocenters. The fourth-order valence-electron chi connectivity index (χ4n) is 4.72. The molecule has 2 bridgehead atoms. The van der Waals surface area contributed by atoms with Crippen LogP contribution in [0.2, 0.25) is 0 Å². The van der Waals surface area contributed by atoms with Crippen LogP contribution in [0.1, 0.15) is 46.5 Å². The van der Waals surface area contributed by atoms with Crippen molar-refractivity contribution in [2.24, 2.45) is 17.3 Å². The molecule has 4 rings (SSSR count). The van der Waals surface area contributed by atoms with Crippen molar-refractivity contribution in [2.75, 3.05) is 13.1 Å². The monoisotopic (exact) mass is 223 g/mol. The highest BCUT2D eigenvalue weighted by Crippen LogP contribution is 2.63. The summed E-state index contributed by atoms with van der Waals surface area (Å²) in [6, 6.07) is 0.437. The minimum absolute atomic E-state index is 0.375. The molecule has 2 heteroatoms. The second-order valence-corrected chi connectivity index (χ2v) is 7.03. The number of hydrogen-bond donors (Lipinski definition) is 1. The van der Waals surface area contributed by atoms with Gasteiger partial charge in [0.05, 0.1) is 5.60 Å². The fraction of sp³-hybridized carbons (Fsp3) is 1.00. The van der Waals surface area contributed by atoms with Gasteiger partial charge in [0.2, 0.25) is 0 Å². The number of nitrogens with zero attached hydrogens (tertiary/aromatic N) is 1. The van der Waals surface area contributed by atoms with E-state index in [0.29, 0.717) is 17.4 Å². The van der Waals surface area contributed by atoms with E-state index in [1.54, 1.807) is 0 Å². The molecule has 0 spiro atoms. The summed E-state index contributed by atoms with van der Waals surface area (Å²) >= 11 is 0. The zero-order chi connectivity index (χ0) is 11.6. The Morgan fingerprint density at radius 1 is 1.06 bits per heavy atom. The maximum absolute atomic E-state index is 10.9. The Morgan fingerprint density at radius 2 is 1.69 bits per heavy atom. The summed E-state index contributed by atoms with van der Waals surface area (Å²) in [5.41, 5.74) is -0.0810. The molecule has 0 aromatic rings. The molecule has 4 fully saturated rings. The molecule has 1 N–H and O–H groups in total. The van der Waals surface area contributed by atoms with Gasteiger partial charge < -0.3 is 5.11 Å². The van der Waals surface area contributed by atoms with Gasteiger partial charge >= 0.3 is 0 Å². The molecule has 3 saturated carbocycles. The van der Waals surface area contributed by atoms with Gasteiger partial charge in [-0.15, -0.1) is 0 Å². The molecule has 3 aliphatic carbocycles. The average molecular weight is 223 g/mol. The van der Waals surface area contributed by atoms with E-state index in [2.05, 4.69) is 25.7 Å². The smallest absolute Gasteiger partial charge is 0.0807 e. The summed E-state index contributed by atoms with van der Waals surface area (Å²) in [6.07, 6.45) is 5.12. The summed E-state index contributed by atoms with van der Waals surface area (Å²) in [7, 11) is 0. The molecular weight excluding hydrogens is 198 g/mol. The summed E-state index contributed by atoms with van der Waals surface area (Å²) in [4.78, 5) is 2.55. The Balaban J connectivity index is 1.83. The molecule has 92 valence electrons. The number of aliphatic hydroxyl groups is 1. The average Bonchev–Trinajstić information content (AvgIpc) is 2.68. The molecule has 4 aliphatic rings. The Bertz CT molecular complexity index is 291. The second kappa shape index (κ2) is 3.23. The van der Waals surface area contributed by atoms with E-state index in [1.807, 2.05) is 0 Å². The van der Waals surface area contributed by atoms with Crippen LogP contribution in [0.3, 0.4) is 0 Å². The molecule has 1 heterocycles. The predicted molar refractivity (Wildman–Crippen MR) is 65.2 cm³/mol. The standard InChI is InChI=1S/C14H25NO/c1-13(2)10-8-11(13)14(3,16)12(9-10)15-6-4-5-7-15/h10-12,16H,4-9H2,1-3H3/t10-,11-,12+,14-/m0/s1. The van der Waals surface area contributed by atoms with Crippen molar-refractivity contribution >= 4 is 0 Å². The van der Waals surface area contributed by atoms with E-state index in [0.717, 1.165) is 5.92 Å². The van der Waals surface area contributed by atoms with Gasteiger partial charge in [0.25, 0.3) is 0 Å². The Hall–Kier alpha value is -0.0800. The Morgan fingerprint density at radius 3 is 2.19 bits per heavy atom. The molecule has 16 heavy (non-hydrogen) atoms. The van der Waals surface area contributed by atoms with Crippen molar-refractivity contribution in [3.63, 3.8) is 0 Å². The van der Waals surface area contributed by atoms with Gasteiger partial charge in [-0.25, -0.2) is 0 Å². The largest absolute Gasteiger partial charge is 0.388 e. The Kier molecular flexibility index (Phi) is 2.23. The van der Waals surface area contributed by atoms with Gasteiger partial charge in [0, 0.05) is 6.04 Å². The van der Waals surface area contributed by atoms with Crippen LogP contribution in [0.5, 0.6) is 0 Å². The van der Waals surface area contributed by atoms with E-state index < -0.39 is 5.60 Å². The third kappa shape index (κ3) is 1.26. The van der Waals surface area contributed by atoms with Crippen molar-refractivity contribution < 1.29 is 5.11 Å². The van der Waals surface area contributed by atoms with E-state index in [4.69, 9.17) is 0 Å². The normalized spacial score (nSPS) is 51.4. The minimum atomic E-state index is -0.456. The highest BCUT2D eigenvalue weighted by molar-refractivity contribution is 5.15. The quantitative estimate of drug-likeness (QED) is 0.737. The topological polar surface area (TPSA) is 23.5 Å². The van der Waals surface area contributed by atoms with E-state index >= 15 is 0 Å². The zero-order valence-corrected chi connectivity index (χ0v) is 10.9. The van der Waals surface area contributed by atoms with Crippen molar-refractivity contribution in [3.8, 4) is 0 Å². The molecular formula is C14H25NO. The van der Waals surface area contributed by atoms with Crippen LogP contribution in [-0.4, -0.2) is 34.7 Å². The molecule has 2 nitrogen and oxygen atoms in total. The van der Waals surface area contributed by atoms with Crippen LogP contribution in [0.15, 0.2) is 0 Å². The molecule has 0 aromatic carbocycles. The van der Waals surface area contributed by atoms with Crippen LogP contribution in [0.4, 0.5) is 0 Å². The maximum Gasteiger partial charge on any atom is 0.0807 e. The number of fused-ring (bicyclic) bond motifs is 2. The van der Waals surface area contributed by atoms with Crippen LogP contribution in [0, 0.1) is 17.3 Å². The lowest BCUT2D eigenvalue weighted by Gasteiger charge is -2.66. The third-order valence-corrected chi connectivity index (χ3v) is 5.94. The molecule has 1 saturated heterocycles. The fourth-order valence-corrected chi connectivity index (χ4v) is 4.72. The zero-order valence-electron chi connectivity index (χ0n) is 10.9. The van der Waals surface area contributed by atoms with Crippen molar-refractivity contribution in [3.05, 3.63) is 0 Å². The lowest BCUT2D eigenvalue weighted by Crippen LogP contribution is -2.69. The first-order valence-electron chi connectivity index (χ1n) is 6.90. The van der Waals surface area contributed by atoms with E-state index in [1.165, 1.54) is 38.8 Å². The lowest BCUT2D eigenvalue weighted by molar-refractivity contribution is -0.227. The summed E-state index contributed by atoms with van der Waals surface area (Å²) in [5, 5.41) is 10.9. The van der Waals surface area contributed by atoms with Crippen molar-refractivity contribution in [1.82, 2.24) is 4.90 Å². The third-order valence-electron chi connectivity index (χ3n) is 5.94. The van der Waals surface area contributed by atoms with Crippen molar-refractivity contribution in [2.45, 2.75) is 58.1 Å². The van der Waals surface area contributed by atoms with Gasteiger partial charge in [0.15, 0.2) is 0 Å². The first-order chi connectivity index (χ1) is 7.44. The number of likely N-dealkylation sites (tertiary alicyclic amines) is 1. The molecule has 0 aromatic heterocycles. The van der Waals surface area contributed by atoms with Gasteiger partial charge in [-0.05, 0) is 62.9 Å². The van der Waals surface area contributed by atoms with E-state index in [-0.39, 0.29) is 0 Å². The minimum Gasteiger partial charge on any atom is -0.388 e. The Labute approximate surface area is 99.0 Å². The van der Waals surface area contributed by atoms with Gasteiger partial charge in [-0.2, -0.15) is 0 Å². The maximum atomic E-state index is 10.9. The van der Waals surface area contributed by atoms with Gasteiger partial charge in [-0.3, -0.25) is 4.90 Å². The second-order valence-electron chi connectivity index (χ2n) is 7.03. The lowest BCUT2D eigenvalue weighted by atomic mass is 9.43. The van der Waals surface area contributed by atoms with Crippen LogP contribution in [0.25, 0.3) is 0 Å². The molecule has 4 atom stereocenters. The molecule has 1 aliphatic heterocycles. The highest BCUT2D eigenvalue weighted by Gasteiger charge is 2.63. The first-order valence-corrected chi connectivity index (χ1v) is 6.90. The predicted octanol–water partition coefficient (Wildman–Crippen LogP) is 2.27. The van der Waals surface area contributed by atoms with Crippen LogP contribution in [-0.2, 0) is 0 Å². The number of rotatable bonds is 1. The van der Waals surface area contributed by atoms with E-state index in [9.17, 15) is 5.11 Å². The van der Waals surface area contributed by atoms with Crippen molar-refractivity contribution in [1.29, 1.82) is 0 Å². The number of hydrogen-bond acceptors (Lipinski definition) is 2. The SMILES string of the molecule is CC1(C)[C@@H]2C[C@@H](N3CCCC3)[C@@](C)(O)[C@H]1C2.